The maximum atomic E-state index is 6.82. The van der Waals surface area contributed by atoms with Crippen LogP contribution < -0.4 is 4.90 Å². The van der Waals surface area contributed by atoms with Crippen molar-refractivity contribution in [3.8, 4) is 11.1 Å². The van der Waals surface area contributed by atoms with Gasteiger partial charge in [0.15, 0.2) is 0 Å². The van der Waals surface area contributed by atoms with E-state index in [2.05, 4.69) is 181 Å². The van der Waals surface area contributed by atoms with E-state index in [1.165, 1.54) is 43.1 Å². The standard InChI is InChI=1S/C46H29NO/c1-2-13-34-28-35(24-22-30(34)10-1)47(36-25-23-33-21-20-32-12-4-6-16-38(32)42(33)29-36)43-27-26-40(39-18-9-14-31-11-3-5-15-37(31)39)46-45(43)41-17-7-8-19-44(41)48-46/h1-29H. The first kappa shape index (κ1) is 26.8. The van der Waals surface area contributed by atoms with Crippen molar-refractivity contribution in [2.24, 2.45) is 0 Å². The summed E-state index contributed by atoms with van der Waals surface area (Å²) in [6.07, 6.45) is 0. The fraction of sp³-hybridized carbons (Fsp3) is 0. The maximum Gasteiger partial charge on any atom is 0.145 e. The number of rotatable bonds is 4. The molecule has 0 aliphatic carbocycles. The van der Waals surface area contributed by atoms with E-state index in [1.807, 2.05) is 0 Å². The van der Waals surface area contributed by atoms with Crippen molar-refractivity contribution in [3.63, 3.8) is 0 Å². The first-order valence-corrected chi connectivity index (χ1v) is 16.4. The summed E-state index contributed by atoms with van der Waals surface area (Å²) in [6.45, 7) is 0. The lowest BCUT2D eigenvalue weighted by Crippen LogP contribution is -2.10. The number of anilines is 3. The van der Waals surface area contributed by atoms with Crippen LogP contribution in [0.15, 0.2) is 180 Å². The summed E-state index contributed by atoms with van der Waals surface area (Å²) in [5, 5.41) is 12.0. The second-order valence-corrected chi connectivity index (χ2v) is 12.5. The van der Waals surface area contributed by atoms with Gasteiger partial charge < -0.3 is 9.32 Å². The van der Waals surface area contributed by atoms with Crippen molar-refractivity contribution >= 4 is 82.1 Å². The van der Waals surface area contributed by atoms with Gasteiger partial charge in [-0.3, -0.25) is 0 Å². The van der Waals surface area contributed by atoms with Gasteiger partial charge in [-0.05, 0) is 91.1 Å². The van der Waals surface area contributed by atoms with Crippen molar-refractivity contribution in [1.29, 1.82) is 0 Å². The van der Waals surface area contributed by atoms with E-state index in [4.69, 9.17) is 4.42 Å². The molecule has 10 aromatic rings. The van der Waals surface area contributed by atoms with Gasteiger partial charge in [-0.15, -0.1) is 0 Å². The number of furan rings is 1. The second kappa shape index (κ2) is 10.6. The molecule has 224 valence electrons. The third kappa shape index (κ3) is 4.13. The van der Waals surface area contributed by atoms with Crippen LogP contribution >= 0.6 is 0 Å². The number of hydrogen-bond acceptors (Lipinski definition) is 2. The minimum absolute atomic E-state index is 0.879. The molecule has 0 atom stereocenters. The number of fused-ring (bicyclic) bond motifs is 8. The lowest BCUT2D eigenvalue weighted by Gasteiger charge is -2.27. The van der Waals surface area contributed by atoms with Gasteiger partial charge in [0.1, 0.15) is 11.2 Å². The minimum Gasteiger partial charge on any atom is -0.455 e. The summed E-state index contributed by atoms with van der Waals surface area (Å²) in [4.78, 5) is 2.41. The maximum absolute atomic E-state index is 6.82. The van der Waals surface area contributed by atoms with Crippen LogP contribution in [0.3, 0.4) is 0 Å². The summed E-state index contributed by atoms with van der Waals surface area (Å²) < 4.78 is 6.82. The Kier molecular flexibility index (Phi) is 5.91. The zero-order chi connectivity index (χ0) is 31.6. The van der Waals surface area contributed by atoms with Gasteiger partial charge in [0.2, 0.25) is 0 Å². The molecule has 0 saturated heterocycles. The number of hydrogen-bond donors (Lipinski definition) is 0. The zero-order valence-electron chi connectivity index (χ0n) is 26.1. The molecule has 0 spiro atoms. The molecule has 0 amide bonds. The van der Waals surface area contributed by atoms with E-state index in [9.17, 15) is 0 Å². The van der Waals surface area contributed by atoms with E-state index >= 15 is 0 Å². The lowest BCUT2D eigenvalue weighted by atomic mass is 9.95. The van der Waals surface area contributed by atoms with Gasteiger partial charge in [0, 0.05) is 22.3 Å². The predicted octanol–water partition coefficient (Wildman–Crippen LogP) is 13.3. The van der Waals surface area contributed by atoms with Gasteiger partial charge in [-0.25, -0.2) is 0 Å². The SMILES string of the molecule is c1ccc2cc(N(c3ccc4ccc5ccccc5c4c3)c3ccc(-c4cccc5ccccc45)c4oc5ccccc5c34)ccc2c1. The third-order valence-corrected chi connectivity index (χ3v) is 9.80. The Morgan fingerprint density at radius 2 is 0.938 bits per heavy atom. The predicted molar refractivity (Wildman–Crippen MR) is 204 cm³/mol. The van der Waals surface area contributed by atoms with Crippen LogP contribution in [0.25, 0.3) is 76.2 Å². The highest BCUT2D eigenvalue weighted by atomic mass is 16.3. The smallest absolute Gasteiger partial charge is 0.145 e. The van der Waals surface area contributed by atoms with Crippen LogP contribution in [-0.4, -0.2) is 0 Å². The van der Waals surface area contributed by atoms with Crippen molar-refractivity contribution in [2.75, 3.05) is 4.90 Å². The van der Waals surface area contributed by atoms with Gasteiger partial charge in [0.25, 0.3) is 0 Å². The molecule has 0 saturated carbocycles. The molecule has 0 radical (unpaired) electrons. The molecule has 0 N–H and O–H groups in total. The van der Waals surface area contributed by atoms with E-state index in [-0.39, 0.29) is 0 Å². The van der Waals surface area contributed by atoms with Crippen LogP contribution in [0.2, 0.25) is 0 Å². The Labute approximate surface area is 277 Å². The van der Waals surface area contributed by atoms with Gasteiger partial charge >= 0.3 is 0 Å². The third-order valence-electron chi connectivity index (χ3n) is 9.80. The Bertz CT molecular complexity index is 2860. The summed E-state index contributed by atoms with van der Waals surface area (Å²) in [7, 11) is 0. The highest BCUT2D eigenvalue weighted by Crippen LogP contribution is 2.47. The minimum atomic E-state index is 0.879. The van der Waals surface area contributed by atoms with Crippen LogP contribution in [0.1, 0.15) is 0 Å². The van der Waals surface area contributed by atoms with Gasteiger partial charge in [0.05, 0.1) is 11.1 Å². The Balaban J connectivity index is 1.30. The Hall–Kier alpha value is -6.38. The topological polar surface area (TPSA) is 16.4 Å². The van der Waals surface area contributed by atoms with E-state index in [1.54, 1.807) is 0 Å². The molecule has 48 heavy (non-hydrogen) atoms. The van der Waals surface area contributed by atoms with E-state index < -0.39 is 0 Å². The Morgan fingerprint density at radius 1 is 0.354 bits per heavy atom. The second-order valence-electron chi connectivity index (χ2n) is 12.5. The number of benzene rings is 9. The molecule has 0 bridgehead atoms. The summed E-state index contributed by atoms with van der Waals surface area (Å²) in [5.74, 6) is 0. The molecule has 2 nitrogen and oxygen atoms in total. The normalized spacial score (nSPS) is 11.8. The average Bonchev–Trinajstić information content (AvgIpc) is 3.55. The fourth-order valence-corrected chi connectivity index (χ4v) is 7.54. The van der Waals surface area contributed by atoms with Gasteiger partial charge in [-0.1, -0.05) is 133 Å². The molecule has 0 aliphatic heterocycles. The van der Waals surface area contributed by atoms with Gasteiger partial charge in [-0.2, -0.15) is 0 Å². The average molecular weight is 612 g/mol. The summed E-state index contributed by atoms with van der Waals surface area (Å²) in [5.41, 5.74) is 7.29. The highest BCUT2D eigenvalue weighted by molar-refractivity contribution is 6.19. The fourth-order valence-electron chi connectivity index (χ4n) is 7.54. The molecule has 0 aliphatic rings. The molecule has 0 unspecified atom stereocenters. The van der Waals surface area contributed by atoms with Crippen LogP contribution in [-0.2, 0) is 0 Å². The number of nitrogens with zero attached hydrogens (tertiary/aromatic N) is 1. The molecule has 0 fully saturated rings. The monoisotopic (exact) mass is 611 g/mol. The lowest BCUT2D eigenvalue weighted by molar-refractivity contribution is 0.670. The first-order chi connectivity index (χ1) is 23.8. The van der Waals surface area contributed by atoms with Crippen molar-refractivity contribution in [3.05, 3.63) is 176 Å². The summed E-state index contributed by atoms with van der Waals surface area (Å²) >= 11 is 0. The zero-order valence-corrected chi connectivity index (χ0v) is 26.1. The summed E-state index contributed by atoms with van der Waals surface area (Å²) in [6, 6.07) is 63.3. The van der Waals surface area contributed by atoms with Crippen LogP contribution in [0.4, 0.5) is 17.1 Å². The molecular formula is C46H29NO. The molecular weight excluding hydrogens is 583 g/mol. The van der Waals surface area contributed by atoms with Crippen molar-refractivity contribution in [2.45, 2.75) is 0 Å². The molecule has 1 aromatic heterocycles. The van der Waals surface area contributed by atoms with E-state index in [0.29, 0.717) is 0 Å². The molecule has 2 heteroatoms. The van der Waals surface area contributed by atoms with Crippen LogP contribution in [0, 0.1) is 0 Å². The first-order valence-electron chi connectivity index (χ1n) is 16.4. The van der Waals surface area contributed by atoms with Crippen molar-refractivity contribution < 1.29 is 4.42 Å². The molecule has 1 heterocycles. The highest BCUT2D eigenvalue weighted by Gasteiger charge is 2.23. The Morgan fingerprint density at radius 3 is 1.77 bits per heavy atom. The quantitative estimate of drug-likeness (QED) is 0.184. The van der Waals surface area contributed by atoms with Crippen LogP contribution in [0.5, 0.6) is 0 Å². The van der Waals surface area contributed by atoms with Crippen molar-refractivity contribution in [1.82, 2.24) is 0 Å². The molecule has 10 rings (SSSR count). The van der Waals surface area contributed by atoms with E-state index in [0.717, 1.165) is 50.1 Å². The molecule has 9 aromatic carbocycles. The largest absolute Gasteiger partial charge is 0.455 e. The number of para-hydroxylation sites is 1.